The Morgan fingerprint density at radius 2 is 1.72 bits per heavy atom. The van der Waals surface area contributed by atoms with Crippen molar-refractivity contribution in [1.82, 2.24) is 4.98 Å². The van der Waals surface area contributed by atoms with Gasteiger partial charge in [-0.15, -0.1) is 0 Å². The van der Waals surface area contributed by atoms with Crippen LogP contribution in [0.15, 0.2) is 78.0 Å². The van der Waals surface area contributed by atoms with Crippen molar-refractivity contribution in [2.75, 3.05) is 16.2 Å². The third kappa shape index (κ3) is 5.00. The Balaban J connectivity index is 1.88. The molecule has 0 aliphatic heterocycles. The van der Waals surface area contributed by atoms with E-state index in [0.717, 1.165) is 21.9 Å². The summed E-state index contributed by atoms with van der Waals surface area (Å²) in [6, 6.07) is 17.5. The van der Waals surface area contributed by atoms with Gasteiger partial charge >= 0.3 is 0 Å². The molecule has 0 saturated carbocycles. The molecule has 7 heteroatoms. The number of benzene rings is 2. The van der Waals surface area contributed by atoms with Gasteiger partial charge in [0.05, 0.1) is 5.69 Å². The lowest BCUT2D eigenvalue weighted by molar-refractivity contribution is -0.114. The summed E-state index contributed by atoms with van der Waals surface area (Å²) in [5.41, 5.74) is 3.18. The van der Waals surface area contributed by atoms with Crippen LogP contribution in [-0.4, -0.2) is 25.9 Å². The highest BCUT2D eigenvalue weighted by Crippen LogP contribution is 2.24. The lowest BCUT2D eigenvalue weighted by Crippen LogP contribution is -2.38. The lowest BCUT2D eigenvalue weighted by atomic mass is 10.1. The third-order valence-electron chi connectivity index (χ3n) is 4.48. The molecular formula is C22H23N3O3S. The summed E-state index contributed by atoms with van der Waals surface area (Å²) in [6.07, 6.45) is 3.68. The maximum Gasteiger partial charge on any atom is 0.266 e. The molecule has 2 aromatic carbocycles. The Kier molecular flexibility index (Phi) is 6.29. The summed E-state index contributed by atoms with van der Waals surface area (Å²) in [5.74, 6) is -0.428. The van der Waals surface area contributed by atoms with Gasteiger partial charge in [-0.25, -0.2) is 8.42 Å². The molecule has 0 atom stereocenters. The van der Waals surface area contributed by atoms with Crippen LogP contribution < -0.4 is 9.62 Å². The minimum atomic E-state index is -3.95. The first kappa shape index (κ1) is 20.5. The van der Waals surface area contributed by atoms with Crippen LogP contribution in [0.5, 0.6) is 0 Å². The molecule has 0 fully saturated rings. The van der Waals surface area contributed by atoms with Crippen molar-refractivity contribution in [2.45, 2.75) is 25.2 Å². The molecule has 6 nitrogen and oxygen atoms in total. The lowest BCUT2D eigenvalue weighted by Gasteiger charge is -2.24. The van der Waals surface area contributed by atoms with Gasteiger partial charge < -0.3 is 5.32 Å². The zero-order valence-electron chi connectivity index (χ0n) is 16.4. The Morgan fingerprint density at radius 1 is 1.03 bits per heavy atom. The first-order chi connectivity index (χ1) is 13.9. The summed E-state index contributed by atoms with van der Waals surface area (Å²) in [5, 5.41) is 2.77. The number of aryl methyl sites for hydroxylation is 2. The van der Waals surface area contributed by atoms with Crippen molar-refractivity contribution in [3.8, 4) is 0 Å². The van der Waals surface area contributed by atoms with E-state index in [1.807, 2.05) is 43.3 Å². The highest BCUT2D eigenvalue weighted by atomic mass is 32.2. The second-order valence-corrected chi connectivity index (χ2v) is 8.50. The second kappa shape index (κ2) is 8.87. The molecule has 1 heterocycles. The summed E-state index contributed by atoms with van der Waals surface area (Å²) in [4.78, 5) is 16.6. The highest BCUT2D eigenvalue weighted by Gasteiger charge is 2.27. The average Bonchev–Trinajstić information content (AvgIpc) is 2.74. The molecule has 0 saturated heterocycles. The van der Waals surface area contributed by atoms with E-state index in [0.29, 0.717) is 11.4 Å². The molecule has 1 aromatic heterocycles. The van der Waals surface area contributed by atoms with Gasteiger partial charge in [0.15, 0.2) is 0 Å². The number of carbonyl (C=O) groups is 1. The predicted molar refractivity (Wildman–Crippen MR) is 114 cm³/mol. The maximum absolute atomic E-state index is 13.2. The molecule has 0 radical (unpaired) electrons. The molecule has 1 N–H and O–H groups in total. The van der Waals surface area contributed by atoms with Gasteiger partial charge in [0, 0.05) is 18.1 Å². The van der Waals surface area contributed by atoms with Crippen LogP contribution in [0.2, 0.25) is 0 Å². The van der Waals surface area contributed by atoms with Crippen molar-refractivity contribution in [3.63, 3.8) is 0 Å². The molecule has 0 bridgehead atoms. The van der Waals surface area contributed by atoms with Gasteiger partial charge in [0.1, 0.15) is 11.4 Å². The number of carbonyl (C=O) groups excluding carboxylic acids is 1. The van der Waals surface area contributed by atoms with Crippen LogP contribution in [-0.2, 0) is 21.2 Å². The van der Waals surface area contributed by atoms with Crippen LogP contribution >= 0.6 is 0 Å². The molecular weight excluding hydrogens is 386 g/mol. The summed E-state index contributed by atoms with van der Waals surface area (Å²) >= 11 is 0. The van der Waals surface area contributed by atoms with Crippen molar-refractivity contribution in [2.24, 2.45) is 0 Å². The molecule has 3 rings (SSSR count). The fraction of sp³-hybridized carbons (Fsp3) is 0.182. The van der Waals surface area contributed by atoms with E-state index < -0.39 is 15.9 Å². The van der Waals surface area contributed by atoms with Gasteiger partial charge in [-0.05, 0) is 55.3 Å². The smallest absolute Gasteiger partial charge is 0.266 e. The Bertz CT molecular complexity index is 1060. The number of amides is 1. The van der Waals surface area contributed by atoms with E-state index in [9.17, 15) is 13.2 Å². The maximum atomic E-state index is 13.2. The van der Waals surface area contributed by atoms with Crippen molar-refractivity contribution in [1.29, 1.82) is 0 Å². The predicted octanol–water partition coefficient (Wildman–Crippen LogP) is 3.79. The van der Waals surface area contributed by atoms with Crippen molar-refractivity contribution < 1.29 is 13.2 Å². The molecule has 0 spiro atoms. The molecule has 0 unspecified atom stereocenters. The Hall–Kier alpha value is -3.19. The molecule has 0 aliphatic carbocycles. The number of anilines is 2. The van der Waals surface area contributed by atoms with E-state index in [1.165, 1.54) is 18.5 Å². The van der Waals surface area contributed by atoms with Crippen LogP contribution in [0.1, 0.15) is 18.1 Å². The second-order valence-electron chi connectivity index (χ2n) is 6.63. The van der Waals surface area contributed by atoms with E-state index in [-0.39, 0.29) is 11.4 Å². The van der Waals surface area contributed by atoms with E-state index in [2.05, 4.69) is 17.2 Å². The number of nitrogens with one attached hydrogen (secondary N) is 1. The summed E-state index contributed by atoms with van der Waals surface area (Å²) < 4.78 is 27.5. The average molecular weight is 410 g/mol. The van der Waals surface area contributed by atoms with Gasteiger partial charge in [-0.2, -0.15) is 0 Å². The van der Waals surface area contributed by atoms with Crippen LogP contribution in [0.25, 0.3) is 0 Å². The number of hydrogen-bond acceptors (Lipinski definition) is 4. The first-order valence-electron chi connectivity index (χ1n) is 9.28. The Morgan fingerprint density at radius 3 is 2.31 bits per heavy atom. The third-order valence-corrected chi connectivity index (χ3v) is 6.23. The van der Waals surface area contributed by atoms with Gasteiger partial charge in [-0.3, -0.25) is 14.1 Å². The fourth-order valence-corrected chi connectivity index (χ4v) is 4.19. The number of sulfonamides is 1. The van der Waals surface area contributed by atoms with E-state index in [1.54, 1.807) is 18.2 Å². The molecule has 1 amide bonds. The van der Waals surface area contributed by atoms with E-state index in [4.69, 9.17) is 0 Å². The SMILES string of the molecule is CCc1ccc(NC(=O)CN(c2ccc(C)cc2)S(=O)(=O)c2cccnc2)cc1. The zero-order chi connectivity index (χ0) is 20.9. The van der Waals surface area contributed by atoms with Crippen LogP contribution in [0.4, 0.5) is 11.4 Å². The number of aromatic nitrogens is 1. The van der Waals surface area contributed by atoms with Crippen molar-refractivity contribution >= 4 is 27.3 Å². The van der Waals surface area contributed by atoms with Gasteiger partial charge in [-0.1, -0.05) is 36.8 Å². The normalized spacial score (nSPS) is 11.1. The standard InChI is InChI=1S/C22H23N3O3S/c1-3-18-8-10-19(11-9-18)24-22(26)16-25(20-12-6-17(2)7-13-20)29(27,28)21-5-4-14-23-15-21/h4-15H,3,16H2,1-2H3,(H,24,26). The van der Waals surface area contributed by atoms with Crippen molar-refractivity contribution in [3.05, 3.63) is 84.2 Å². The summed E-state index contributed by atoms with van der Waals surface area (Å²) in [7, 11) is -3.95. The summed E-state index contributed by atoms with van der Waals surface area (Å²) in [6.45, 7) is 3.61. The van der Waals surface area contributed by atoms with Crippen LogP contribution in [0, 0.1) is 6.92 Å². The molecule has 150 valence electrons. The fourth-order valence-electron chi connectivity index (χ4n) is 2.81. The number of nitrogens with zero attached hydrogens (tertiary/aromatic N) is 2. The number of hydrogen-bond donors (Lipinski definition) is 1. The van der Waals surface area contributed by atoms with Gasteiger partial charge in [0.2, 0.25) is 5.91 Å². The molecule has 0 aliphatic rings. The monoisotopic (exact) mass is 409 g/mol. The van der Waals surface area contributed by atoms with E-state index >= 15 is 0 Å². The Labute approximate surface area is 171 Å². The first-order valence-corrected chi connectivity index (χ1v) is 10.7. The molecule has 29 heavy (non-hydrogen) atoms. The number of pyridine rings is 1. The van der Waals surface area contributed by atoms with Gasteiger partial charge in [0.25, 0.3) is 10.0 Å². The number of rotatable bonds is 7. The quantitative estimate of drug-likeness (QED) is 0.644. The minimum Gasteiger partial charge on any atom is -0.325 e. The largest absolute Gasteiger partial charge is 0.325 e. The minimum absolute atomic E-state index is 0.0284. The zero-order valence-corrected chi connectivity index (χ0v) is 17.2. The topological polar surface area (TPSA) is 79.4 Å². The molecule has 3 aromatic rings. The highest BCUT2D eigenvalue weighted by molar-refractivity contribution is 7.92. The van der Waals surface area contributed by atoms with Crippen LogP contribution in [0.3, 0.4) is 0 Å².